The molecule has 4 heterocycles. The summed E-state index contributed by atoms with van der Waals surface area (Å²) < 4.78 is 3.72. The quantitative estimate of drug-likeness (QED) is 0.627. The van der Waals surface area contributed by atoms with Gasteiger partial charge in [-0.25, -0.2) is 14.5 Å². The fourth-order valence-electron chi connectivity index (χ4n) is 2.28. The van der Waals surface area contributed by atoms with Crippen LogP contribution in [0.2, 0.25) is 0 Å². The largest absolute Gasteiger partial charge is 0.307 e. The summed E-state index contributed by atoms with van der Waals surface area (Å²) in [6.07, 6.45) is 7.29. The molecule has 0 saturated carbocycles. The molecule has 108 valence electrons. The molecule has 1 N–H and O–H groups in total. The summed E-state index contributed by atoms with van der Waals surface area (Å²) in [5.41, 5.74) is 1.75. The predicted octanol–water partition coefficient (Wildman–Crippen LogP) is 2.36. The number of hydrogen-bond acceptors (Lipinski definition) is 5. The SMILES string of the molecule is Cc1nccn1-c1ccn2nc(Nc3ccccn3)nc2c1. The molecule has 0 unspecified atom stereocenters. The zero-order chi connectivity index (χ0) is 14.9. The van der Waals surface area contributed by atoms with E-state index in [0.717, 1.165) is 17.2 Å². The molecule has 0 aliphatic carbocycles. The van der Waals surface area contributed by atoms with E-state index in [4.69, 9.17) is 0 Å². The molecule has 0 radical (unpaired) electrons. The highest BCUT2D eigenvalue weighted by Crippen LogP contribution is 2.15. The van der Waals surface area contributed by atoms with Crippen molar-refractivity contribution in [3.8, 4) is 5.69 Å². The maximum absolute atomic E-state index is 4.48. The minimum Gasteiger partial charge on any atom is -0.307 e. The second-order valence-corrected chi connectivity index (χ2v) is 4.81. The predicted molar refractivity (Wildman–Crippen MR) is 82.4 cm³/mol. The van der Waals surface area contributed by atoms with Gasteiger partial charge in [-0.3, -0.25) is 0 Å². The van der Waals surface area contributed by atoms with E-state index in [2.05, 4.69) is 25.4 Å². The van der Waals surface area contributed by atoms with Gasteiger partial charge in [0.1, 0.15) is 11.6 Å². The van der Waals surface area contributed by atoms with Crippen molar-refractivity contribution in [2.45, 2.75) is 6.92 Å². The molecule has 0 spiro atoms. The monoisotopic (exact) mass is 291 g/mol. The van der Waals surface area contributed by atoms with Crippen molar-refractivity contribution in [3.05, 3.63) is 60.9 Å². The van der Waals surface area contributed by atoms with E-state index in [0.29, 0.717) is 11.8 Å². The Morgan fingerprint density at radius 2 is 2.00 bits per heavy atom. The van der Waals surface area contributed by atoms with E-state index in [1.54, 1.807) is 16.9 Å². The van der Waals surface area contributed by atoms with E-state index < -0.39 is 0 Å². The zero-order valence-electron chi connectivity index (χ0n) is 11.9. The molecule has 0 aromatic carbocycles. The summed E-state index contributed by atoms with van der Waals surface area (Å²) >= 11 is 0. The third-order valence-electron chi connectivity index (χ3n) is 3.33. The molecule has 4 aromatic heterocycles. The molecule has 7 heteroatoms. The van der Waals surface area contributed by atoms with Crippen LogP contribution in [0.3, 0.4) is 0 Å². The van der Waals surface area contributed by atoms with E-state index >= 15 is 0 Å². The summed E-state index contributed by atoms with van der Waals surface area (Å²) in [5, 5.41) is 7.47. The summed E-state index contributed by atoms with van der Waals surface area (Å²) in [7, 11) is 0. The number of fused-ring (bicyclic) bond motifs is 1. The molecule has 0 fully saturated rings. The van der Waals surface area contributed by atoms with E-state index in [1.807, 2.05) is 54.2 Å². The standard InChI is InChI=1S/C15H13N7/c1-11-16-7-9-21(11)12-5-8-22-14(10-12)19-15(20-22)18-13-4-2-3-6-17-13/h2-10H,1H3,(H,17,18,20). The normalized spacial score (nSPS) is 11.0. The number of pyridine rings is 2. The lowest BCUT2D eigenvalue weighted by molar-refractivity contribution is 0.935. The van der Waals surface area contributed by atoms with Gasteiger partial charge in [-0.1, -0.05) is 6.07 Å². The Hall–Kier alpha value is -3.22. The molecule has 7 nitrogen and oxygen atoms in total. The molecule has 4 aromatic rings. The highest BCUT2D eigenvalue weighted by Gasteiger charge is 2.07. The summed E-state index contributed by atoms with van der Waals surface area (Å²) in [4.78, 5) is 12.9. The number of hydrogen-bond donors (Lipinski definition) is 1. The molecule has 0 atom stereocenters. The average molecular weight is 291 g/mol. The molecule has 0 amide bonds. The number of nitrogens with zero attached hydrogens (tertiary/aromatic N) is 6. The topological polar surface area (TPSA) is 72.9 Å². The number of rotatable bonds is 3. The maximum atomic E-state index is 4.48. The van der Waals surface area contributed by atoms with E-state index in [-0.39, 0.29) is 0 Å². The highest BCUT2D eigenvalue weighted by atomic mass is 15.4. The van der Waals surface area contributed by atoms with Crippen LogP contribution in [0.15, 0.2) is 55.1 Å². The van der Waals surface area contributed by atoms with Gasteiger partial charge < -0.3 is 9.88 Å². The van der Waals surface area contributed by atoms with Crippen LogP contribution in [0.4, 0.5) is 11.8 Å². The number of nitrogens with one attached hydrogen (secondary N) is 1. The van der Waals surface area contributed by atoms with E-state index in [1.165, 1.54) is 0 Å². The minimum atomic E-state index is 0.512. The smallest absolute Gasteiger partial charge is 0.248 e. The summed E-state index contributed by atoms with van der Waals surface area (Å²) in [6, 6.07) is 9.57. The van der Waals surface area contributed by atoms with Crippen LogP contribution in [-0.4, -0.2) is 29.1 Å². The van der Waals surface area contributed by atoms with E-state index in [9.17, 15) is 0 Å². The first kappa shape index (κ1) is 12.5. The first-order chi connectivity index (χ1) is 10.8. The maximum Gasteiger partial charge on any atom is 0.248 e. The molecule has 22 heavy (non-hydrogen) atoms. The van der Waals surface area contributed by atoms with Crippen LogP contribution in [0.25, 0.3) is 11.3 Å². The van der Waals surface area contributed by atoms with Crippen LogP contribution in [-0.2, 0) is 0 Å². The first-order valence-corrected chi connectivity index (χ1v) is 6.84. The lowest BCUT2D eigenvalue weighted by Gasteiger charge is -2.04. The van der Waals surface area contributed by atoms with Crippen LogP contribution in [0.5, 0.6) is 0 Å². The van der Waals surface area contributed by atoms with Crippen molar-refractivity contribution in [1.82, 2.24) is 29.1 Å². The van der Waals surface area contributed by atoms with Gasteiger partial charge in [-0.05, 0) is 25.1 Å². The molecule has 0 bridgehead atoms. The van der Waals surface area contributed by atoms with Gasteiger partial charge in [0.25, 0.3) is 0 Å². The number of aromatic nitrogens is 6. The third kappa shape index (κ3) is 2.18. The van der Waals surface area contributed by atoms with Crippen molar-refractivity contribution < 1.29 is 0 Å². The fraction of sp³-hybridized carbons (Fsp3) is 0.0667. The Bertz CT molecular complexity index is 923. The molecule has 0 saturated heterocycles. The number of anilines is 2. The van der Waals surface area contributed by atoms with Crippen LogP contribution >= 0.6 is 0 Å². The molecule has 4 rings (SSSR count). The van der Waals surface area contributed by atoms with Crippen molar-refractivity contribution in [1.29, 1.82) is 0 Å². The van der Waals surface area contributed by atoms with Crippen molar-refractivity contribution in [2.24, 2.45) is 0 Å². The van der Waals surface area contributed by atoms with Crippen LogP contribution in [0, 0.1) is 6.92 Å². The Morgan fingerprint density at radius 3 is 2.77 bits per heavy atom. The fourth-order valence-corrected chi connectivity index (χ4v) is 2.28. The van der Waals surface area contributed by atoms with Crippen molar-refractivity contribution >= 4 is 17.4 Å². The highest BCUT2D eigenvalue weighted by molar-refractivity contribution is 5.54. The lowest BCUT2D eigenvalue weighted by atomic mass is 10.4. The number of aryl methyl sites for hydroxylation is 1. The second kappa shape index (κ2) is 4.96. The molecular formula is C15H13N7. The zero-order valence-corrected chi connectivity index (χ0v) is 11.9. The van der Waals surface area contributed by atoms with Crippen LogP contribution in [0.1, 0.15) is 5.82 Å². The van der Waals surface area contributed by atoms with Crippen molar-refractivity contribution in [2.75, 3.05) is 5.32 Å². The van der Waals surface area contributed by atoms with Gasteiger partial charge in [0.2, 0.25) is 5.95 Å². The third-order valence-corrected chi connectivity index (χ3v) is 3.33. The average Bonchev–Trinajstić information content (AvgIpc) is 3.13. The molecule has 0 aliphatic rings. The Balaban J connectivity index is 1.71. The molecular weight excluding hydrogens is 278 g/mol. The Morgan fingerprint density at radius 1 is 1.05 bits per heavy atom. The Kier molecular flexibility index (Phi) is 2.82. The van der Waals surface area contributed by atoms with Crippen molar-refractivity contribution in [3.63, 3.8) is 0 Å². The van der Waals surface area contributed by atoms with Gasteiger partial charge in [0, 0.05) is 30.9 Å². The van der Waals surface area contributed by atoms with Gasteiger partial charge in [-0.2, -0.15) is 4.98 Å². The van der Waals surface area contributed by atoms with Gasteiger partial charge >= 0.3 is 0 Å². The van der Waals surface area contributed by atoms with Crippen LogP contribution < -0.4 is 5.32 Å². The van der Waals surface area contributed by atoms with Gasteiger partial charge in [0.15, 0.2) is 5.65 Å². The number of imidazole rings is 1. The lowest BCUT2D eigenvalue weighted by Crippen LogP contribution is -1.97. The Labute approximate surface area is 126 Å². The van der Waals surface area contributed by atoms with Gasteiger partial charge in [0.05, 0.1) is 5.69 Å². The van der Waals surface area contributed by atoms with Gasteiger partial charge in [-0.15, -0.1) is 5.10 Å². The first-order valence-electron chi connectivity index (χ1n) is 6.84. The second-order valence-electron chi connectivity index (χ2n) is 4.81. The minimum absolute atomic E-state index is 0.512. The summed E-state index contributed by atoms with van der Waals surface area (Å²) in [5.74, 6) is 2.15. The summed E-state index contributed by atoms with van der Waals surface area (Å²) in [6.45, 7) is 1.96. The molecule has 0 aliphatic heterocycles.